The number of hydrogen-bond acceptors (Lipinski definition) is 7. The molecule has 0 fully saturated rings. The predicted octanol–water partition coefficient (Wildman–Crippen LogP) is 8.91. The average molecular weight is 628 g/mol. The second kappa shape index (κ2) is 33.2. The molecule has 2 atom stereocenters. The van der Waals surface area contributed by atoms with Crippen molar-refractivity contribution in [3.8, 4) is 0 Å². The molecule has 2 N–H and O–H groups in total. The molecule has 7 nitrogen and oxygen atoms in total. The van der Waals surface area contributed by atoms with Crippen molar-refractivity contribution in [2.45, 2.75) is 193 Å². The van der Waals surface area contributed by atoms with E-state index in [1.807, 2.05) is 0 Å². The molecule has 2 unspecified atom stereocenters. The zero-order valence-electron chi connectivity index (χ0n) is 29.3. The Morgan fingerprint density at radius 2 is 0.864 bits per heavy atom. The van der Waals surface area contributed by atoms with Gasteiger partial charge in [0.25, 0.3) is 0 Å². The number of ether oxygens (including phenoxy) is 2. The van der Waals surface area contributed by atoms with Gasteiger partial charge in [-0.05, 0) is 51.5 Å². The standard InChI is InChI=1S/C37H73NO6/c1-4-7-9-13-21-27-36(41)43-30-23-17-11-15-19-25-34(39)32-38(29-6-3)33-35(40)26-20-16-12-18-24-31-44-37(42)28-22-14-10-8-5-2/h34-35,39-40H,4-33H2,1-3H3. The molecule has 0 rings (SSSR count). The molecule has 0 aromatic heterocycles. The van der Waals surface area contributed by atoms with Crippen LogP contribution in [0.15, 0.2) is 0 Å². The summed E-state index contributed by atoms with van der Waals surface area (Å²) < 4.78 is 10.7. The Morgan fingerprint density at radius 3 is 1.27 bits per heavy atom. The lowest BCUT2D eigenvalue weighted by molar-refractivity contribution is -0.144. The van der Waals surface area contributed by atoms with E-state index in [9.17, 15) is 19.8 Å². The molecule has 44 heavy (non-hydrogen) atoms. The van der Waals surface area contributed by atoms with Gasteiger partial charge in [-0.2, -0.15) is 0 Å². The van der Waals surface area contributed by atoms with Gasteiger partial charge in [-0.25, -0.2) is 0 Å². The highest BCUT2D eigenvalue weighted by Crippen LogP contribution is 2.13. The van der Waals surface area contributed by atoms with Gasteiger partial charge < -0.3 is 19.7 Å². The van der Waals surface area contributed by atoms with E-state index in [-0.39, 0.29) is 24.1 Å². The maximum atomic E-state index is 11.8. The number of aliphatic hydroxyl groups excluding tert-OH is 2. The SMILES string of the molecule is CCCCCCCC(=O)OCCCCCCCC(O)CN(CCC)CC(O)CCCCCCCOC(=O)CCCCCCC. The summed E-state index contributed by atoms with van der Waals surface area (Å²) in [5.74, 6) is -0.109. The second-order valence-corrected chi connectivity index (χ2v) is 12.9. The molecule has 0 bridgehead atoms. The van der Waals surface area contributed by atoms with Gasteiger partial charge in [0.05, 0.1) is 25.4 Å². The van der Waals surface area contributed by atoms with E-state index in [1.165, 1.54) is 38.5 Å². The predicted molar refractivity (Wildman–Crippen MR) is 183 cm³/mol. The number of unbranched alkanes of at least 4 members (excludes halogenated alkanes) is 16. The maximum absolute atomic E-state index is 11.8. The van der Waals surface area contributed by atoms with Crippen LogP contribution >= 0.6 is 0 Å². The van der Waals surface area contributed by atoms with E-state index in [2.05, 4.69) is 25.7 Å². The van der Waals surface area contributed by atoms with E-state index in [1.54, 1.807) is 0 Å². The Labute approximate surface area is 272 Å². The quantitative estimate of drug-likeness (QED) is 0.0543. The van der Waals surface area contributed by atoms with Crippen molar-refractivity contribution in [1.82, 2.24) is 4.90 Å². The van der Waals surface area contributed by atoms with Gasteiger partial charge >= 0.3 is 11.9 Å². The van der Waals surface area contributed by atoms with Crippen LogP contribution in [0.3, 0.4) is 0 Å². The summed E-state index contributed by atoms with van der Waals surface area (Å²) >= 11 is 0. The highest BCUT2D eigenvalue weighted by Gasteiger charge is 2.15. The molecule has 0 aromatic rings. The summed E-state index contributed by atoms with van der Waals surface area (Å²) in [6, 6.07) is 0. The number of carbonyl (C=O) groups excluding carboxylic acids is 2. The summed E-state index contributed by atoms with van der Waals surface area (Å²) in [6.45, 7) is 9.72. The lowest BCUT2D eigenvalue weighted by Gasteiger charge is -2.27. The summed E-state index contributed by atoms with van der Waals surface area (Å²) in [5, 5.41) is 21.2. The zero-order valence-corrected chi connectivity index (χ0v) is 29.3. The molecule has 0 aliphatic rings. The largest absolute Gasteiger partial charge is 0.466 e. The van der Waals surface area contributed by atoms with Gasteiger partial charge in [-0.3, -0.25) is 14.5 Å². The van der Waals surface area contributed by atoms with Crippen molar-refractivity contribution >= 4 is 11.9 Å². The van der Waals surface area contributed by atoms with Crippen molar-refractivity contribution < 1.29 is 29.3 Å². The highest BCUT2D eigenvalue weighted by molar-refractivity contribution is 5.69. The first-order chi connectivity index (χ1) is 21.4. The number of aliphatic hydroxyl groups is 2. The number of nitrogens with zero attached hydrogens (tertiary/aromatic N) is 1. The van der Waals surface area contributed by atoms with E-state index >= 15 is 0 Å². The van der Waals surface area contributed by atoms with Crippen LogP contribution in [-0.4, -0.2) is 72.1 Å². The van der Waals surface area contributed by atoms with Crippen molar-refractivity contribution in [2.24, 2.45) is 0 Å². The molecule has 0 aliphatic carbocycles. The lowest BCUT2D eigenvalue weighted by atomic mass is 10.1. The first-order valence-electron chi connectivity index (χ1n) is 18.8. The van der Waals surface area contributed by atoms with Crippen LogP contribution in [0.25, 0.3) is 0 Å². The first kappa shape index (κ1) is 42.8. The molecule has 262 valence electrons. The fourth-order valence-electron chi connectivity index (χ4n) is 5.64. The van der Waals surface area contributed by atoms with Crippen LogP contribution in [0.5, 0.6) is 0 Å². The molecule has 0 radical (unpaired) electrons. The van der Waals surface area contributed by atoms with Crippen molar-refractivity contribution in [2.75, 3.05) is 32.8 Å². The van der Waals surface area contributed by atoms with Crippen molar-refractivity contribution in [3.63, 3.8) is 0 Å². The summed E-state index contributed by atoms with van der Waals surface area (Å²) in [4.78, 5) is 25.8. The minimum absolute atomic E-state index is 0.0545. The van der Waals surface area contributed by atoms with Gasteiger partial charge in [0.2, 0.25) is 0 Å². The average Bonchev–Trinajstić information content (AvgIpc) is 2.99. The molecule has 0 aromatic carbocycles. The van der Waals surface area contributed by atoms with Gasteiger partial charge in [-0.1, -0.05) is 124 Å². The number of esters is 2. The molecule has 0 saturated heterocycles. The van der Waals surface area contributed by atoms with Gasteiger partial charge in [-0.15, -0.1) is 0 Å². The Hall–Kier alpha value is -1.18. The molecular weight excluding hydrogens is 554 g/mol. The molecule has 0 amide bonds. The molecule has 7 heteroatoms. The van der Waals surface area contributed by atoms with E-state index in [4.69, 9.17) is 9.47 Å². The van der Waals surface area contributed by atoms with Crippen LogP contribution in [0.2, 0.25) is 0 Å². The topological polar surface area (TPSA) is 96.3 Å². The molecule has 0 aliphatic heterocycles. The third kappa shape index (κ3) is 30.8. The number of carbonyl (C=O) groups is 2. The molecular formula is C37H73NO6. The fourth-order valence-corrected chi connectivity index (χ4v) is 5.64. The minimum atomic E-state index is -0.359. The Bertz CT molecular complexity index is 581. The minimum Gasteiger partial charge on any atom is -0.466 e. The van der Waals surface area contributed by atoms with Crippen molar-refractivity contribution in [3.05, 3.63) is 0 Å². The van der Waals surface area contributed by atoms with Gasteiger partial charge in [0, 0.05) is 25.9 Å². The number of hydrogen-bond donors (Lipinski definition) is 2. The van der Waals surface area contributed by atoms with E-state index < -0.39 is 0 Å². The molecule has 0 saturated carbocycles. The molecule has 0 heterocycles. The summed E-state index contributed by atoms with van der Waals surface area (Å²) in [6.07, 6.45) is 24.7. The lowest BCUT2D eigenvalue weighted by Crippen LogP contribution is -2.38. The maximum Gasteiger partial charge on any atom is 0.305 e. The summed E-state index contributed by atoms with van der Waals surface area (Å²) in [5.41, 5.74) is 0. The fraction of sp³-hybridized carbons (Fsp3) is 0.946. The van der Waals surface area contributed by atoms with Crippen LogP contribution < -0.4 is 0 Å². The van der Waals surface area contributed by atoms with E-state index in [0.29, 0.717) is 39.1 Å². The van der Waals surface area contributed by atoms with E-state index in [0.717, 1.165) is 116 Å². The Balaban J connectivity index is 3.75. The molecule has 0 spiro atoms. The Kier molecular flexibility index (Phi) is 32.3. The van der Waals surface area contributed by atoms with Crippen LogP contribution in [0, 0.1) is 0 Å². The third-order valence-corrected chi connectivity index (χ3v) is 8.34. The zero-order chi connectivity index (χ0) is 32.5. The van der Waals surface area contributed by atoms with Crippen LogP contribution in [0.1, 0.15) is 181 Å². The first-order valence-corrected chi connectivity index (χ1v) is 18.8. The second-order valence-electron chi connectivity index (χ2n) is 12.9. The number of rotatable bonds is 34. The Morgan fingerprint density at radius 1 is 0.500 bits per heavy atom. The van der Waals surface area contributed by atoms with Crippen LogP contribution in [-0.2, 0) is 19.1 Å². The van der Waals surface area contributed by atoms with Crippen LogP contribution in [0.4, 0.5) is 0 Å². The monoisotopic (exact) mass is 628 g/mol. The third-order valence-electron chi connectivity index (χ3n) is 8.34. The normalized spacial score (nSPS) is 12.9. The smallest absolute Gasteiger partial charge is 0.305 e. The van der Waals surface area contributed by atoms with Crippen molar-refractivity contribution in [1.29, 1.82) is 0 Å². The summed E-state index contributed by atoms with van der Waals surface area (Å²) in [7, 11) is 0. The van der Waals surface area contributed by atoms with Gasteiger partial charge in [0.15, 0.2) is 0 Å². The van der Waals surface area contributed by atoms with Gasteiger partial charge in [0.1, 0.15) is 0 Å². The highest BCUT2D eigenvalue weighted by atomic mass is 16.5.